The third-order valence-corrected chi connectivity index (χ3v) is 3.95. The molecule has 15 heavy (non-hydrogen) atoms. The molecule has 1 aliphatic carbocycles. The van der Waals surface area contributed by atoms with Crippen molar-refractivity contribution in [2.24, 2.45) is 5.92 Å². The first-order valence-corrected chi connectivity index (χ1v) is 6.11. The van der Waals surface area contributed by atoms with E-state index in [0.29, 0.717) is 5.92 Å². The Balaban J connectivity index is 2.04. The standard InChI is InChI=1S/C13H13NS/c1-9-6-7-13-11(8-9)14-10-4-2-3-5-12(10)15-13/h2-5,7-9,14H,6H2,1H3. The van der Waals surface area contributed by atoms with Crippen LogP contribution in [-0.4, -0.2) is 0 Å². The molecule has 0 fully saturated rings. The van der Waals surface area contributed by atoms with E-state index in [2.05, 4.69) is 48.7 Å². The first kappa shape index (κ1) is 9.10. The van der Waals surface area contributed by atoms with Crippen LogP contribution in [0, 0.1) is 5.92 Å². The minimum atomic E-state index is 0.655. The Kier molecular flexibility index (Phi) is 2.10. The molecule has 1 aliphatic heterocycles. The zero-order valence-corrected chi connectivity index (χ0v) is 9.47. The topological polar surface area (TPSA) is 12.0 Å². The summed E-state index contributed by atoms with van der Waals surface area (Å²) in [7, 11) is 0. The molecule has 0 bridgehead atoms. The van der Waals surface area contributed by atoms with Crippen LogP contribution in [0.3, 0.4) is 0 Å². The van der Waals surface area contributed by atoms with E-state index in [-0.39, 0.29) is 0 Å². The number of rotatable bonds is 0. The second-order valence-electron chi connectivity index (χ2n) is 4.08. The quantitative estimate of drug-likeness (QED) is 0.701. The molecular formula is C13H13NS. The van der Waals surface area contributed by atoms with Crippen LogP contribution in [0.5, 0.6) is 0 Å². The number of para-hydroxylation sites is 1. The van der Waals surface area contributed by atoms with Gasteiger partial charge in [0.1, 0.15) is 0 Å². The summed E-state index contributed by atoms with van der Waals surface area (Å²) in [6.45, 7) is 2.26. The van der Waals surface area contributed by atoms with Gasteiger partial charge in [-0.15, -0.1) is 0 Å². The van der Waals surface area contributed by atoms with Gasteiger partial charge in [0, 0.05) is 15.5 Å². The number of hydrogen-bond acceptors (Lipinski definition) is 2. The van der Waals surface area contributed by atoms with Gasteiger partial charge in [0.25, 0.3) is 0 Å². The highest BCUT2D eigenvalue weighted by atomic mass is 32.2. The minimum Gasteiger partial charge on any atom is -0.354 e. The Labute approximate surface area is 94.3 Å². The molecule has 0 saturated heterocycles. The Bertz CT molecular complexity index is 459. The van der Waals surface area contributed by atoms with Crippen molar-refractivity contribution in [3.05, 3.63) is 47.0 Å². The van der Waals surface area contributed by atoms with Crippen molar-refractivity contribution in [2.75, 3.05) is 5.32 Å². The van der Waals surface area contributed by atoms with E-state index in [9.17, 15) is 0 Å². The maximum absolute atomic E-state index is 3.50. The molecule has 1 N–H and O–H groups in total. The van der Waals surface area contributed by atoms with Gasteiger partial charge in [-0.3, -0.25) is 0 Å². The molecule has 1 aromatic rings. The third-order valence-electron chi connectivity index (χ3n) is 2.77. The van der Waals surface area contributed by atoms with Crippen molar-refractivity contribution in [1.82, 2.24) is 0 Å². The fraction of sp³-hybridized carbons (Fsp3) is 0.231. The normalized spacial score (nSPS) is 23.1. The monoisotopic (exact) mass is 215 g/mol. The molecule has 1 nitrogen and oxygen atoms in total. The Hall–Kier alpha value is -1.15. The number of allylic oxidation sites excluding steroid dienone is 2. The highest BCUT2D eigenvalue weighted by Crippen LogP contribution is 2.44. The average molecular weight is 215 g/mol. The van der Waals surface area contributed by atoms with Crippen molar-refractivity contribution in [1.29, 1.82) is 0 Å². The van der Waals surface area contributed by atoms with E-state index >= 15 is 0 Å². The number of thioether (sulfide) groups is 1. The second kappa shape index (κ2) is 3.46. The fourth-order valence-corrected chi connectivity index (χ4v) is 2.98. The van der Waals surface area contributed by atoms with Crippen LogP contribution in [0.2, 0.25) is 0 Å². The lowest BCUT2D eigenvalue weighted by atomic mass is 10.0. The number of anilines is 1. The van der Waals surface area contributed by atoms with E-state index in [1.165, 1.54) is 21.2 Å². The summed E-state index contributed by atoms with van der Waals surface area (Å²) >= 11 is 1.87. The SMILES string of the molecule is CC1C=C2Nc3ccccc3SC2=CC1. The lowest BCUT2D eigenvalue weighted by Gasteiger charge is -2.26. The van der Waals surface area contributed by atoms with Crippen LogP contribution in [0.15, 0.2) is 51.9 Å². The lowest BCUT2D eigenvalue weighted by Crippen LogP contribution is -2.11. The molecule has 0 aromatic heterocycles. The summed E-state index contributed by atoms with van der Waals surface area (Å²) in [5, 5.41) is 3.50. The van der Waals surface area contributed by atoms with Gasteiger partial charge < -0.3 is 5.32 Å². The van der Waals surface area contributed by atoms with Crippen molar-refractivity contribution in [3.8, 4) is 0 Å². The molecule has 1 aromatic carbocycles. The van der Waals surface area contributed by atoms with Crippen molar-refractivity contribution < 1.29 is 0 Å². The molecule has 0 spiro atoms. The molecule has 1 unspecified atom stereocenters. The molecule has 1 atom stereocenters. The second-order valence-corrected chi connectivity index (χ2v) is 5.17. The Morgan fingerprint density at radius 3 is 3.13 bits per heavy atom. The molecule has 3 rings (SSSR count). The van der Waals surface area contributed by atoms with Gasteiger partial charge in [-0.05, 0) is 24.5 Å². The van der Waals surface area contributed by atoms with E-state index in [0.717, 1.165) is 6.42 Å². The number of hydrogen-bond donors (Lipinski definition) is 1. The van der Waals surface area contributed by atoms with Gasteiger partial charge in [0.05, 0.1) is 5.69 Å². The van der Waals surface area contributed by atoms with E-state index < -0.39 is 0 Å². The maximum Gasteiger partial charge on any atom is 0.0526 e. The molecular weight excluding hydrogens is 202 g/mol. The zero-order chi connectivity index (χ0) is 10.3. The van der Waals surface area contributed by atoms with Gasteiger partial charge in [-0.25, -0.2) is 0 Å². The summed E-state index contributed by atoms with van der Waals surface area (Å²) in [5.41, 5.74) is 2.53. The zero-order valence-electron chi connectivity index (χ0n) is 8.66. The van der Waals surface area contributed by atoms with Gasteiger partial charge >= 0.3 is 0 Å². The van der Waals surface area contributed by atoms with E-state index in [1.54, 1.807) is 0 Å². The first-order valence-electron chi connectivity index (χ1n) is 5.29. The summed E-state index contributed by atoms with van der Waals surface area (Å²) in [6, 6.07) is 8.48. The molecule has 2 aliphatic rings. The molecule has 76 valence electrons. The van der Waals surface area contributed by atoms with Crippen LogP contribution in [0.25, 0.3) is 0 Å². The highest BCUT2D eigenvalue weighted by molar-refractivity contribution is 8.03. The van der Waals surface area contributed by atoms with Crippen LogP contribution < -0.4 is 5.32 Å². The molecule has 2 heteroatoms. The minimum absolute atomic E-state index is 0.655. The fourth-order valence-electron chi connectivity index (χ4n) is 1.96. The van der Waals surface area contributed by atoms with Crippen molar-refractivity contribution >= 4 is 17.4 Å². The van der Waals surface area contributed by atoms with Gasteiger partial charge in [-0.2, -0.15) is 0 Å². The Morgan fingerprint density at radius 1 is 1.33 bits per heavy atom. The predicted molar refractivity (Wildman–Crippen MR) is 65.9 cm³/mol. The molecule has 0 saturated carbocycles. The number of fused-ring (bicyclic) bond motifs is 2. The maximum atomic E-state index is 3.50. The largest absolute Gasteiger partial charge is 0.354 e. The van der Waals surface area contributed by atoms with Gasteiger partial charge in [0.15, 0.2) is 0 Å². The van der Waals surface area contributed by atoms with Gasteiger partial charge in [-0.1, -0.05) is 43.0 Å². The Morgan fingerprint density at radius 2 is 2.20 bits per heavy atom. The van der Waals surface area contributed by atoms with Crippen LogP contribution >= 0.6 is 11.8 Å². The van der Waals surface area contributed by atoms with Crippen molar-refractivity contribution in [2.45, 2.75) is 18.2 Å². The summed E-state index contributed by atoms with van der Waals surface area (Å²) in [5.74, 6) is 0.655. The van der Waals surface area contributed by atoms with Crippen LogP contribution in [0.4, 0.5) is 5.69 Å². The predicted octanol–water partition coefficient (Wildman–Crippen LogP) is 4.01. The summed E-state index contributed by atoms with van der Waals surface area (Å²) < 4.78 is 0. The smallest absolute Gasteiger partial charge is 0.0526 e. The van der Waals surface area contributed by atoms with Crippen LogP contribution in [0.1, 0.15) is 13.3 Å². The third kappa shape index (κ3) is 1.59. The van der Waals surface area contributed by atoms with E-state index in [4.69, 9.17) is 0 Å². The molecule has 0 radical (unpaired) electrons. The van der Waals surface area contributed by atoms with Crippen LogP contribution in [-0.2, 0) is 0 Å². The molecule has 0 amide bonds. The lowest BCUT2D eigenvalue weighted by molar-refractivity contribution is 0.728. The highest BCUT2D eigenvalue weighted by Gasteiger charge is 2.20. The summed E-state index contributed by atoms with van der Waals surface area (Å²) in [6.07, 6.45) is 5.83. The van der Waals surface area contributed by atoms with Gasteiger partial charge in [0.2, 0.25) is 0 Å². The van der Waals surface area contributed by atoms with E-state index in [1.807, 2.05) is 11.8 Å². The molecule has 1 heterocycles. The average Bonchev–Trinajstić information content (AvgIpc) is 2.26. The number of benzene rings is 1. The van der Waals surface area contributed by atoms with Crippen molar-refractivity contribution in [3.63, 3.8) is 0 Å². The number of nitrogens with one attached hydrogen (secondary N) is 1. The summed E-state index contributed by atoms with van der Waals surface area (Å²) in [4.78, 5) is 2.71. The first-order chi connectivity index (χ1) is 7.33.